The summed E-state index contributed by atoms with van der Waals surface area (Å²) in [6.07, 6.45) is 2.73. The smallest absolute Gasteiger partial charge is 0.266 e. The number of ether oxygens (including phenoxy) is 1. The number of para-hydroxylation sites is 1. The SMILES string of the molecule is COc1ccc2c(c1)c(N=NC1=CC(=O)CC(C)(C)C1)c1[nH]c3ccccc3c(=O)n12. The van der Waals surface area contributed by atoms with Crippen molar-refractivity contribution in [1.29, 1.82) is 0 Å². The molecule has 4 aromatic rings. The van der Waals surface area contributed by atoms with Crippen LogP contribution < -0.4 is 10.3 Å². The largest absolute Gasteiger partial charge is 0.497 e. The van der Waals surface area contributed by atoms with E-state index in [1.807, 2.05) is 50.2 Å². The maximum absolute atomic E-state index is 13.3. The standard InChI is InChI=1S/C24H22N4O3/c1-24(2)12-14(10-15(29)13-24)26-27-21-18-11-16(31-3)8-9-20(18)28-22(21)25-19-7-5-4-6-17(19)23(28)30/h4-11,25H,12-13H2,1-3H3. The normalized spacial score (nSPS) is 16.5. The molecule has 0 saturated heterocycles. The average Bonchev–Trinajstić information content (AvgIpc) is 3.03. The van der Waals surface area contributed by atoms with Crippen LogP contribution in [0, 0.1) is 5.41 Å². The average molecular weight is 414 g/mol. The summed E-state index contributed by atoms with van der Waals surface area (Å²) in [5.74, 6) is 0.711. The zero-order valence-corrected chi connectivity index (χ0v) is 17.6. The van der Waals surface area contributed by atoms with Gasteiger partial charge < -0.3 is 9.72 Å². The Kier molecular flexibility index (Phi) is 4.28. The summed E-state index contributed by atoms with van der Waals surface area (Å²) in [6, 6.07) is 12.9. The molecule has 2 heterocycles. The van der Waals surface area contributed by atoms with Gasteiger partial charge in [0, 0.05) is 17.9 Å². The molecule has 1 aliphatic rings. The van der Waals surface area contributed by atoms with Crippen LogP contribution in [-0.4, -0.2) is 22.3 Å². The number of carbonyl (C=O) groups is 1. The summed E-state index contributed by atoms with van der Waals surface area (Å²) in [6.45, 7) is 4.09. The first kappa shape index (κ1) is 19.2. The Morgan fingerprint density at radius 1 is 1.03 bits per heavy atom. The second-order valence-electron chi connectivity index (χ2n) is 8.71. The topological polar surface area (TPSA) is 88.3 Å². The Hall–Kier alpha value is -3.74. The fourth-order valence-electron chi connectivity index (χ4n) is 4.33. The number of ketones is 1. The lowest BCUT2D eigenvalue weighted by Crippen LogP contribution is -2.21. The number of hydrogen-bond donors (Lipinski definition) is 1. The molecule has 0 fully saturated rings. The molecule has 0 radical (unpaired) electrons. The maximum atomic E-state index is 13.3. The summed E-state index contributed by atoms with van der Waals surface area (Å²) in [7, 11) is 1.60. The number of H-pyrrole nitrogens is 1. The van der Waals surface area contributed by atoms with E-state index in [1.54, 1.807) is 23.7 Å². The molecule has 1 N–H and O–H groups in total. The number of allylic oxidation sites excluding steroid dienone is 2. The number of azo groups is 1. The minimum atomic E-state index is -0.154. The van der Waals surface area contributed by atoms with Gasteiger partial charge in [-0.25, -0.2) is 0 Å². The highest BCUT2D eigenvalue weighted by molar-refractivity contribution is 6.02. The highest BCUT2D eigenvalue weighted by atomic mass is 16.5. The quantitative estimate of drug-likeness (QED) is 0.461. The van der Waals surface area contributed by atoms with Gasteiger partial charge in [-0.15, -0.1) is 5.11 Å². The van der Waals surface area contributed by atoms with E-state index < -0.39 is 0 Å². The summed E-state index contributed by atoms with van der Waals surface area (Å²) in [5, 5.41) is 10.3. The molecule has 2 aromatic heterocycles. The van der Waals surface area contributed by atoms with E-state index in [0.29, 0.717) is 46.5 Å². The zero-order valence-electron chi connectivity index (χ0n) is 17.6. The van der Waals surface area contributed by atoms with Crippen LogP contribution in [0.3, 0.4) is 0 Å². The number of aromatic nitrogens is 2. The molecule has 0 atom stereocenters. The lowest BCUT2D eigenvalue weighted by atomic mass is 9.79. The van der Waals surface area contributed by atoms with Crippen LogP contribution in [0.15, 0.2) is 69.3 Å². The van der Waals surface area contributed by atoms with Crippen LogP contribution in [0.4, 0.5) is 5.69 Å². The van der Waals surface area contributed by atoms with Gasteiger partial charge in [0.1, 0.15) is 17.1 Å². The molecule has 2 aromatic carbocycles. The number of nitrogens with zero attached hydrogens (tertiary/aromatic N) is 3. The highest BCUT2D eigenvalue weighted by Crippen LogP contribution is 2.38. The third-order valence-electron chi connectivity index (χ3n) is 5.68. The van der Waals surface area contributed by atoms with E-state index in [4.69, 9.17) is 4.74 Å². The molecule has 0 bridgehead atoms. The van der Waals surface area contributed by atoms with Crippen molar-refractivity contribution >= 4 is 38.9 Å². The molecule has 31 heavy (non-hydrogen) atoms. The second kappa shape index (κ2) is 6.91. The summed E-state index contributed by atoms with van der Waals surface area (Å²) < 4.78 is 7.01. The number of hydrogen-bond acceptors (Lipinski definition) is 5. The van der Waals surface area contributed by atoms with Gasteiger partial charge in [0.15, 0.2) is 5.78 Å². The van der Waals surface area contributed by atoms with Gasteiger partial charge in [-0.1, -0.05) is 26.0 Å². The lowest BCUT2D eigenvalue weighted by molar-refractivity contribution is -0.117. The van der Waals surface area contributed by atoms with Crippen LogP contribution in [0.5, 0.6) is 5.75 Å². The van der Waals surface area contributed by atoms with Crippen molar-refractivity contribution in [3.05, 3.63) is 64.6 Å². The van der Waals surface area contributed by atoms with Gasteiger partial charge in [0.05, 0.1) is 29.2 Å². The molecule has 156 valence electrons. The predicted octanol–water partition coefficient (Wildman–Crippen LogP) is 5.30. The van der Waals surface area contributed by atoms with Crippen molar-refractivity contribution in [3.63, 3.8) is 0 Å². The zero-order chi connectivity index (χ0) is 21.8. The van der Waals surface area contributed by atoms with Gasteiger partial charge in [-0.2, -0.15) is 5.11 Å². The molecule has 1 aliphatic carbocycles. The monoisotopic (exact) mass is 414 g/mol. The molecule has 7 heteroatoms. The van der Waals surface area contributed by atoms with E-state index >= 15 is 0 Å². The minimum absolute atomic E-state index is 0.0536. The summed E-state index contributed by atoms with van der Waals surface area (Å²) >= 11 is 0. The van der Waals surface area contributed by atoms with Crippen molar-refractivity contribution < 1.29 is 9.53 Å². The predicted molar refractivity (Wildman–Crippen MR) is 120 cm³/mol. The van der Waals surface area contributed by atoms with E-state index in [-0.39, 0.29) is 16.8 Å². The molecule has 5 rings (SSSR count). The van der Waals surface area contributed by atoms with E-state index in [9.17, 15) is 9.59 Å². The molecule has 0 amide bonds. The summed E-state index contributed by atoms with van der Waals surface area (Å²) in [4.78, 5) is 28.7. The van der Waals surface area contributed by atoms with Gasteiger partial charge in [-0.3, -0.25) is 14.0 Å². The van der Waals surface area contributed by atoms with Crippen molar-refractivity contribution in [2.45, 2.75) is 26.7 Å². The number of nitrogens with one attached hydrogen (secondary N) is 1. The van der Waals surface area contributed by atoms with Crippen molar-refractivity contribution in [2.75, 3.05) is 7.11 Å². The van der Waals surface area contributed by atoms with E-state index in [1.165, 1.54) is 0 Å². The first-order chi connectivity index (χ1) is 14.9. The van der Waals surface area contributed by atoms with Crippen molar-refractivity contribution in [3.8, 4) is 5.75 Å². The van der Waals surface area contributed by atoms with E-state index in [0.717, 1.165) is 10.9 Å². The Labute approximate surface area is 178 Å². The van der Waals surface area contributed by atoms with Crippen molar-refractivity contribution in [1.82, 2.24) is 9.38 Å². The second-order valence-corrected chi connectivity index (χ2v) is 8.71. The summed E-state index contributed by atoms with van der Waals surface area (Å²) in [5.41, 5.74) is 2.88. The highest BCUT2D eigenvalue weighted by Gasteiger charge is 2.27. The third-order valence-corrected chi connectivity index (χ3v) is 5.68. The van der Waals surface area contributed by atoms with Crippen LogP contribution in [-0.2, 0) is 4.79 Å². The van der Waals surface area contributed by atoms with Crippen LogP contribution in [0.1, 0.15) is 26.7 Å². The van der Waals surface area contributed by atoms with Gasteiger partial charge in [-0.05, 0) is 42.2 Å². The van der Waals surface area contributed by atoms with Crippen LogP contribution in [0.2, 0.25) is 0 Å². The van der Waals surface area contributed by atoms with Crippen molar-refractivity contribution in [2.24, 2.45) is 15.6 Å². The number of aromatic amines is 1. The molecule has 7 nitrogen and oxygen atoms in total. The molecular formula is C24H22N4O3. The minimum Gasteiger partial charge on any atom is -0.497 e. The molecular weight excluding hydrogens is 392 g/mol. The first-order valence-corrected chi connectivity index (χ1v) is 10.1. The van der Waals surface area contributed by atoms with Crippen LogP contribution >= 0.6 is 0 Å². The Morgan fingerprint density at radius 2 is 1.84 bits per heavy atom. The number of carbonyl (C=O) groups excluding carboxylic acids is 1. The number of benzene rings is 2. The van der Waals surface area contributed by atoms with Crippen LogP contribution in [0.25, 0.3) is 27.5 Å². The maximum Gasteiger partial charge on any atom is 0.266 e. The van der Waals surface area contributed by atoms with Gasteiger partial charge in [0.2, 0.25) is 0 Å². The first-order valence-electron chi connectivity index (χ1n) is 10.1. The Bertz CT molecular complexity index is 1490. The Balaban J connectivity index is 1.79. The lowest BCUT2D eigenvalue weighted by Gasteiger charge is -2.26. The molecule has 0 unspecified atom stereocenters. The third kappa shape index (κ3) is 3.22. The van der Waals surface area contributed by atoms with E-state index in [2.05, 4.69) is 15.2 Å². The van der Waals surface area contributed by atoms with Gasteiger partial charge >= 0.3 is 0 Å². The fraction of sp³-hybridized carbons (Fsp3) is 0.250. The molecule has 0 spiro atoms. The number of rotatable bonds is 3. The molecule has 0 aliphatic heterocycles. The Morgan fingerprint density at radius 3 is 2.61 bits per heavy atom. The molecule has 0 saturated carbocycles. The number of fused-ring (bicyclic) bond motifs is 4. The van der Waals surface area contributed by atoms with Gasteiger partial charge in [0.25, 0.3) is 5.56 Å². The fourth-order valence-corrected chi connectivity index (χ4v) is 4.33. The number of methoxy groups -OCH3 is 1.